The van der Waals surface area contributed by atoms with Gasteiger partial charge in [-0.2, -0.15) is 8.78 Å². The van der Waals surface area contributed by atoms with Crippen LogP contribution >= 0.6 is 11.3 Å². The van der Waals surface area contributed by atoms with Crippen molar-refractivity contribution in [2.45, 2.75) is 57.1 Å². The van der Waals surface area contributed by atoms with Gasteiger partial charge in [0, 0.05) is 11.1 Å². The molecule has 1 fully saturated rings. The summed E-state index contributed by atoms with van der Waals surface area (Å²) in [5.74, 6) is -5.19. The van der Waals surface area contributed by atoms with Crippen molar-refractivity contribution >= 4 is 17.2 Å². The average molecular weight is 304 g/mol. The molecule has 1 amide bonds. The molecule has 1 saturated carbocycles. The molecule has 2 N–H and O–H groups in total. The number of alkyl halides is 2. The summed E-state index contributed by atoms with van der Waals surface area (Å²) in [4.78, 5) is 16.7. The lowest BCUT2D eigenvalue weighted by Crippen LogP contribution is -2.57. The zero-order valence-electron chi connectivity index (χ0n) is 11.3. The number of hydrogen-bond acceptors (Lipinski definition) is 4. The van der Waals surface area contributed by atoms with E-state index in [1.807, 2.05) is 6.92 Å². The first kappa shape index (κ1) is 15.3. The fourth-order valence-corrected chi connectivity index (χ4v) is 3.14. The largest absolute Gasteiger partial charge is 0.383 e. The van der Waals surface area contributed by atoms with E-state index in [4.69, 9.17) is 0 Å². The highest BCUT2D eigenvalue weighted by molar-refractivity contribution is 7.11. The highest BCUT2D eigenvalue weighted by Crippen LogP contribution is 2.40. The van der Waals surface area contributed by atoms with Crippen LogP contribution in [-0.4, -0.2) is 27.5 Å². The van der Waals surface area contributed by atoms with E-state index in [1.54, 1.807) is 6.20 Å². The second-order valence-electron chi connectivity index (χ2n) is 5.21. The van der Waals surface area contributed by atoms with Crippen LogP contribution in [0.4, 0.5) is 8.78 Å². The van der Waals surface area contributed by atoms with Gasteiger partial charge in [-0.1, -0.05) is 19.3 Å². The van der Waals surface area contributed by atoms with Crippen molar-refractivity contribution in [1.29, 1.82) is 0 Å². The van der Waals surface area contributed by atoms with Crippen molar-refractivity contribution in [2.75, 3.05) is 0 Å². The van der Waals surface area contributed by atoms with E-state index in [1.165, 1.54) is 11.3 Å². The van der Waals surface area contributed by atoms with Gasteiger partial charge in [0.2, 0.25) is 0 Å². The second kappa shape index (κ2) is 5.73. The van der Waals surface area contributed by atoms with Crippen LogP contribution in [0.15, 0.2) is 6.20 Å². The van der Waals surface area contributed by atoms with Crippen LogP contribution in [0.25, 0.3) is 0 Å². The molecular formula is C13H18F2N2O2S. The van der Waals surface area contributed by atoms with Gasteiger partial charge >= 0.3 is 5.92 Å². The van der Waals surface area contributed by atoms with Gasteiger partial charge in [-0.15, -0.1) is 11.3 Å². The molecule has 0 radical (unpaired) electrons. The van der Waals surface area contributed by atoms with E-state index >= 15 is 0 Å². The number of thiazole rings is 1. The van der Waals surface area contributed by atoms with Gasteiger partial charge in [0.1, 0.15) is 10.6 Å². The number of nitrogens with one attached hydrogen (secondary N) is 1. The number of amides is 1. The number of carbonyl (C=O) groups excluding carboxylic acids is 1. The van der Waals surface area contributed by atoms with Crippen molar-refractivity contribution in [3.63, 3.8) is 0 Å². The van der Waals surface area contributed by atoms with Crippen molar-refractivity contribution in [2.24, 2.45) is 0 Å². The molecule has 0 unspecified atom stereocenters. The summed E-state index contributed by atoms with van der Waals surface area (Å²) in [5.41, 5.74) is -2.21. The average Bonchev–Trinajstić information content (AvgIpc) is 2.82. The number of aromatic nitrogens is 1. The van der Waals surface area contributed by atoms with Gasteiger partial charge in [0.25, 0.3) is 5.91 Å². The smallest absolute Gasteiger partial charge is 0.352 e. The number of carbonyl (C=O) groups is 1. The Bertz CT molecular complexity index is 484. The second-order valence-corrected chi connectivity index (χ2v) is 6.53. The summed E-state index contributed by atoms with van der Waals surface area (Å²) in [6.07, 6.45) is 3.40. The molecule has 1 heterocycles. The third kappa shape index (κ3) is 2.98. The predicted molar refractivity (Wildman–Crippen MR) is 71.7 cm³/mol. The zero-order valence-corrected chi connectivity index (χ0v) is 12.1. The summed E-state index contributed by atoms with van der Waals surface area (Å²) >= 11 is 1.34. The Labute approximate surface area is 120 Å². The summed E-state index contributed by atoms with van der Waals surface area (Å²) < 4.78 is 28.2. The highest BCUT2D eigenvalue weighted by atomic mass is 32.1. The maximum atomic E-state index is 14.1. The number of nitrogens with zero attached hydrogens (tertiary/aromatic N) is 1. The molecule has 2 rings (SSSR count). The van der Waals surface area contributed by atoms with E-state index in [0.717, 1.165) is 11.3 Å². The molecule has 0 saturated heterocycles. The van der Waals surface area contributed by atoms with Crippen molar-refractivity contribution in [1.82, 2.24) is 10.3 Å². The maximum absolute atomic E-state index is 14.1. The number of aliphatic hydroxyl groups is 1. The highest BCUT2D eigenvalue weighted by Gasteiger charge is 2.58. The molecule has 1 aromatic rings. The Morgan fingerprint density at radius 3 is 2.70 bits per heavy atom. The molecule has 20 heavy (non-hydrogen) atoms. The molecule has 112 valence electrons. The third-order valence-corrected chi connectivity index (χ3v) is 4.53. The molecule has 0 spiro atoms. The minimum absolute atomic E-state index is 0.0379. The molecule has 0 atom stereocenters. The van der Waals surface area contributed by atoms with Crippen LogP contribution in [0.2, 0.25) is 0 Å². The number of rotatable bonds is 4. The molecule has 0 aromatic carbocycles. The topological polar surface area (TPSA) is 62.2 Å². The van der Waals surface area contributed by atoms with Gasteiger partial charge < -0.3 is 10.4 Å². The van der Waals surface area contributed by atoms with E-state index in [-0.39, 0.29) is 19.4 Å². The van der Waals surface area contributed by atoms with E-state index in [0.29, 0.717) is 17.8 Å². The third-order valence-electron chi connectivity index (χ3n) is 3.62. The first-order valence-corrected chi connectivity index (χ1v) is 7.47. The summed E-state index contributed by atoms with van der Waals surface area (Å²) in [7, 11) is 0. The van der Waals surface area contributed by atoms with Gasteiger partial charge in [0.15, 0.2) is 0 Å². The minimum Gasteiger partial charge on any atom is -0.383 e. The van der Waals surface area contributed by atoms with Gasteiger partial charge in [0.05, 0.1) is 6.54 Å². The first-order valence-electron chi connectivity index (χ1n) is 6.65. The fourth-order valence-electron chi connectivity index (χ4n) is 2.41. The van der Waals surface area contributed by atoms with Gasteiger partial charge in [-0.25, -0.2) is 4.98 Å². The number of halogens is 2. The molecule has 1 aliphatic carbocycles. The fraction of sp³-hybridized carbons (Fsp3) is 0.692. The van der Waals surface area contributed by atoms with Crippen LogP contribution in [-0.2, 0) is 11.3 Å². The quantitative estimate of drug-likeness (QED) is 0.898. The van der Waals surface area contributed by atoms with E-state index in [9.17, 15) is 18.7 Å². The Kier molecular flexibility index (Phi) is 4.39. The molecule has 1 aromatic heterocycles. The minimum atomic E-state index is -3.76. The maximum Gasteiger partial charge on any atom is 0.352 e. The number of hydrogen-bond donors (Lipinski definition) is 2. The normalized spacial score (nSPS) is 18.8. The first-order chi connectivity index (χ1) is 9.35. The zero-order chi connectivity index (χ0) is 14.8. The lowest BCUT2D eigenvalue weighted by Gasteiger charge is -2.37. The lowest BCUT2D eigenvalue weighted by molar-refractivity contribution is -0.201. The van der Waals surface area contributed by atoms with Crippen LogP contribution < -0.4 is 5.32 Å². The van der Waals surface area contributed by atoms with Crippen molar-refractivity contribution in [3.05, 3.63) is 16.1 Å². The van der Waals surface area contributed by atoms with E-state index in [2.05, 4.69) is 10.3 Å². The predicted octanol–water partition coefficient (Wildman–Crippen LogP) is 2.40. The van der Waals surface area contributed by atoms with Gasteiger partial charge in [-0.3, -0.25) is 4.79 Å². The Hall–Kier alpha value is -1.08. The lowest BCUT2D eigenvalue weighted by atomic mass is 9.79. The summed E-state index contributed by atoms with van der Waals surface area (Å²) in [6, 6.07) is 0. The molecule has 4 nitrogen and oxygen atoms in total. The van der Waals surface area contributed by atoms with Crippen LogP contribution in [0.5, 0.6) is 0 Å². The van der Waals surface area contributed by atoms with Crippen LogP contribution in [0.3, 0.4) is 0 Å². The number of aryl methyl sites for hydroxylation is 1. The standard InChI is InChI=1S/C13H18F2N2O2S/c1-9-7-16-10(20-9)8-17-11(18)13(14,15)12(19)5-3-2-4-6-12/h7,19H,2-6,8H2,1H3,(H,17,18). The molecule has 0 bridgehead atoms. The van der Waals surface area contributed by atoms with E-state index < -0.39 is 17.4 Å². The summed E-state index contributed by atoms with van der Waals surface area (Å²) in [6.45, 7) is 1.81. The monoisotopic (exact) mass is 304 g/mol. The van der Waals surface area contributed by atoms with Crippen molar-refractivity contribution < 1.29 is 18.7 Å². The molecule has 0 aliphatic heterocycles. The van der Waals surface area contributed by atoms with Crippen LogP contribution in [0, 0.1) is 6.92 Å². The molecule has 1 aliphatic rings. The SMILES string of the molecule is Cc1cnc(CNC(=O)C(F)(F)C2(O)CCCCC2)s1. The van der Waals surface area contributed by atoms with Gasteiger partial charge in [-0.05, 0) is 19.8 Å². The molecule has 7 heteroatoms. The summed E-state index contributed by atoms with van der Waals surface area (Å²) in [5, 5.41) is 12.8. The molecular weight excluding hydrogens is 286 g/mol. The van der Waals surface area contributed by atoms with Crippen LogP contribution in [0.1, 0.15) is 42.0 Å². The Balaban J connectivity index is 1.99. The van der Waals surface area contributed by atoms with Crippen molar-refractivity contribution in [3.8, 4) is 0 Å². The Morgan fingerprint density at radius 2 is 2.15 bits per heavy atom. The Morgan fingerprint density at radius 1 is 1.50 bits per heavy atom.